The molecule has 2 aromatic rings. The summed E-state index contributed by atoms with van der Waals surface area (Å²) in [4.78, 5) is 5.27. The highest BCUT2D eigenvalue weighted by molar-refractivity contribution is 14.0. The highest BCUT2D eigenvalue weighted by atomic mass is 127. The number of nitrogens with one attached hydrogen (secondary N) is 3. The van der Waals surface area contributed by atoms with Gasteiger partial charge in [-0.2, -0.15) is 0 Å². The van der Waals surface area contributed by atoms with Gasteiger partial charge in [0, 0.05) is 25.0 Å². The molecule has 138 valence electrons. The normalized spacial score (nSPS) is 11.6. The fraction of sp³-hybridized carbons (Fsp3) is 0.312. The second-order valence-corrected chi connectivity index (χ2v) is 8.02. The van der Waals surface area contributed by atoms with Crippen LogP contribution in [-0.4, -0.2) is 33.7 Å². The van der Waals surface area contributed by atoms with Crippen molar-refractivity contribution in [3.63, 3.8) is 0 Å². The third-order valence-electron chi connectivity index (χ3n) is 3.24. The van der Waals surface area contributed by atoms with Crippen molar-refractivity contribution in [1.82, 2.24) is 15.4 Å². The number of hydrogen-bond acceptors (Lipinski definition) is 4. The van der Waals surface area contributed by atoms with Crippen LogP contribution in [0.2, 0.25) is 0 Å². The summed E-state index contributed by atoms with van der Waals surface area (Å²) in [6.07, 6.45) is 0. The maximum Gasteiger partial charge on any atom is 0.213 e. The maximum absolute atomic E-state index is 12.0. The van der Waals surface area contributed by atoms with Gasteiger partial charge in [0.15, 0.2) is 5.96 Å². The third kappa shape index (κ3) is 8.66. The first-order valence-corrected chi connectivity index (χ1v) is 10.1. The van der Waals surface area contributed by atoms with E-state index in [9.17, 15) is 8.42 Å². The summed E-state index contributed by atoms with van der Waals surface area (Å²) in [6.45, 7) is 1.25. The average molecular weight is 494 g/mol. The number of thiophene rings is 1. The van der Waals surface area contributed by atoms with Crippen LogP contribution in [0.5, 0.6) is 0 Å². The lowest BCUT2D eigenvalue weighted by Gasteiger charge is -2.12. The Balaban J connectivity index is 0.00000312. The first-order chi connectivity index (χ1) is 11.6. The molecule has 0 aliphatic heterocycles. The van der Waals surface area contributed by atoms with Gasteiger partial charge in [0.25, 0.3) is 0 Å². The van der Waals surface area contributed by atoms with Crippen molar-refractivity contribution >= 4 is 51.3 Å². The Morgan fingerprint density at radius 1 is 1.08 bits per heavy atom. The first kappa shape index (κ1) is 21.9. The Labute approximate surface area is 170 Å². The summed E-state index contributed by atoms with van der Waals surface area (Å²) in [5, 5.41) is 8.17. The average Bonchev–Trinajstić information content (AvgIpc) is 3.10. The van der Waals surface area contributed by atoms with Crippen molar-refractivity contribution < 1.29 is 8.42 Å². The summed E-state index contributed by atoms with van der Waals surface area (Å²) in [5.74, 6) is 0.571. The highest BCUT2D eigenvalue weighted by Crippen LogP contribution is 2.07. The summed E-state index contributed by atoms with van der Waals surface area (Å²) in [6, 6.07) is 13.5. The predicted molar refractivity (Wildman–Crippen MR) is 115 cm³/mol. The molecule has 9 heteroatoms. The second-order valence-electron chi connectivity index (χ2n) is 5.06. The van der Waals surface area contributed by atoms with Crippen LogP contribution in [0.25, 0.3) is 0 Å². The SMILES string of the molecule is CN=C(NCCS(=O)(=O)NCc1ccccc1)NCc1cccs1.I. The quantitative estimate of drug-likeness (QED) is 0.299. The fourth-order valence-electron chi connectivity index (χ4n) is 1.97. The fourth-order valence-corrected chi connectivity index (χ4v) is 3.52. The zero-order valence-electron chi connectivity index (χ0n) is 13.9. The van der Waals surface area contributed by atoms with E-state index in [0.717, 1.165) is 5.56 Å². The largest absolute Gasteiger partial charge is 0.355 e. The molecule has 6 nitrogen and oxygen atoms in total. The van der Waals surface area contributed by atoms with Crippen LogP contribution in [0.1, 0.15) is 10.4 Å². The summed E-state index contributed by atoms with van der Waals surface area (Å²) >= 11 is 1.66. The summed E-state index contributed by atoms with van der Waals surface area (Å²) < 4.78 is 26.6. The molecule has 0 fully saturated rings. The van der Waals surface area contributed by atoms with Gasteiger partial charge in [-0.25, -0.2) is 13.1 Å². The van der Waals surface area contributed by atoms with Crippen LogP contribution < -0.4 is 15.4 Å². The van der Waals surface area contributed by atoms with Crippen molar-refractivity contribution in [3.05, 3.63) is 58.3 Å². The van der Waals surface area contributed by atoms with E-state index < -0.39 is 10.0 Å². The first-order valence-electron chi connectivity index (χ1n) is 7.57. The molecule has 0 amide bonds. The van der Waals surface area contributed by atoms with Gasteiger partial charge in [0.05, 0.1) is 12.3 Å². The second kappa shape index (κ2) is 11.4. The number of hydrogen-bond donors (Lipinski definition) is 3. The van der Waals surface area contributed by atoms with Crippen LogP contribution in [0.3, 0.4) is 0 Å². The number of guanidine groups is 1. The monoisotopic (exact) mass is 494 g/mol. The Bertz CT molecular complexity index is 735. The number of sulfonamides is 1. The third-order valence-corrected chi connectivity index (χ3v) is 5.44. The van der Waals surface area contributed by atoms with Crippen molar-refractivity contribution in [1.29, 1.82) is 0 Å². The van der Waals surface area contributed by atoms with Crippen molar-refractivity contribution in [2.24, 2.45) is 4.99 Å². The van der Waals surface area contributed by atoms with Crippen LogP contribution in [-0.2, 0) is 23.1 Å². The van der Waals surface area contributed by atoms with Gasteiger partial charge >= 0.3 is 0 Å². The van der Waals surface area contributed by atoms with Gasteiger partial charge in [-0.15, -0.1) is 35.3 Å². The number of rotatable bonds is 8. The van der Waals surface area contributed by atoms with Crippen LogP contribution in [0.15, 0.2) is 52.8 Å². The molecule has 2 rings (SSSR count). The zero-order valence-corrected chi connectivity index (χ0v) is 17.9. The lowest BCUT2D eigenvalue weighted by molar-refractivity contribution is 0.580. The molecule has 0 aliphatic carbocycles. The Hall–Kier alpha value is -1.17. The van der Waals surface area contributed by atoms with Crippen molar-refractivity contribution in [2.75, 3.05) is 19.3 Å². The molecule has 0 atom stereocenters. The minimum absolute atomic E-state index is 0. The molecule has 1 aromatic carbocycles. The smallest absolute Gasteiger partial charge is 0.213 e. The number of halogens is 1. The van der Waals surface area contributed by atoms with Gasteiger partial charge in [-0.1, -0.05) is 36.4 Å². The van der Waals surface area contributed by atoms with E-state index in [1.54, 1.807) is 18.4 Å². The van der Waals surface area contributed by atoms with Crippen LogP contribution >= 0.6 is 35.3 Å². The molecule has 0 saturated heterocycles. The van der Waals surface area contributed by atoms with Gasteiger partial charge in [-0.05, 0) is 17.0 Å². The molecule has 0 radical (unpaired) electrons. The van der Waals surface area contributed by atoms with E-state index in [0.29, 0.717) is 19.0 Å². The van der Waals surface area contributed by atoms with E-state index in [2.05, 4.69) is 20.3 Å². The molecule has 0 saturated carbocycles. The number of aliphatic imine (C=N–C) groups is 1. The topological polar surface area (TPSA) is 82.6 Å². The zero-order chi connectivity index (χ0) is 17.3. The van der Waals surface area contributed by atoms with Crippen LogP contribution in [0, 0.1) is 0 Å². The van der Waals surface area contributed by atoms with E-state index in [1.165, 1.54) is 4.88 Å². The molecule has 25 heavy (non-hydrogen) atoms. The Morgan fingerprint density at radius 2 is 1.84 bits per heavy atom. The molecule has 0 bridgehead atoms. The molecular weight excluding hydrogens is 471 g/mol. The van der Waals surface area contributed by atoms with Crippen molar-refractivity contribution in [2.45, 2.75) is 13.1 Å². The number of benzene rings is 1. The lowest BCUT2D eigenvalue weighted by atomic mass is 10.2. The highest BCUT2D eigenvalue weighted by Gasteiger charge is 2.10. The van der Waals surface area contributed by atoms with E-state index in [4.69, 9.17) is 0 Å². The van der Waals surface area contributed by atoms with E-state index in [1.807, 2.05) is 47.8 Å². The maximum atomic E-state index is 12.0. The molecule has 1 heterocycles. The predicted octanol–water partition coefficient (Wildman–Crippen LogP) is 2.15. The Morgan fingerprint density at radius 3 is 2.48 bits per heavy atom. The standard InChI is InChI=1S/C16H22N4O2S2.HI/c1-17-16(19-13-15-8-5-10-23-15)18-9-11-24(21,22)20-12-14-6-3-2-4-7-14;/h2-8,10,20H,9,11-13H2,1H3,(H2,17,18,19);1H. The van der Waals surface area contributed by atoms with Gasteiger partial charge in [0.2, 0.25) is 10.0 Å². The molecule has 0 spiro atoms. The molecular formula is C16H23IN4O2S2. The lowest BCUT2D eigenvalue weighted by Crippen LogP contribution is -2.40. The minimum Gasteiger partial charge on any atom is -0.355 e. The molecule has 3 N–H and O–H groups in total. The van der Waals surface area contributed by atoms with Gasteiger partial charge in [-0.3, -0.25) is 4.99 Å². The molecule has 1 aromatic heterocycles. The van der Waals surface area contributed by atoms with E-state index >= 15 is 0 Å². The Kier molecular flexibility index (Phi) is 10.0. The summed E-state index contributed by atoms with van der Waals surface area (Å²) in [5.41, 5.74) is 0.933. The van der Waals surface area contributed by atoms with E-state index in [-0.39, 0.29) is 36.3 Å². The van der Waals surface area contributed by atoms with Gasteiger partial charge in [0.1, 0.15) is 0 Å². The summed E-state index contributed by atoms with van der Waals surface area (Å²) in [7, 11) is -1.68. The molecule has 0 unspecified atom stereocenters. The van der Waals surface area contributed by atoms with Crippen molar-refractivity contribution in [3.8, 4) is 0 Å². The molecule has 0 aliphatic rings. The van der Waals surface area contributed by atoms with Crippen LogP contribution in [0.4, 0.5) is 0 Å². The van der Waals surface area contributed by atoms with Gasteiger partial charge < -0.3 is 10.6 Å². The minimum atomic E-state index is -3.34. The number of nitrogens with zero attached hydrogens (tertiary/aromatic N) is 1.